The third-order valence-electron chi connectivity index (χ3n) is 4.50. The van der Waals surface area contributed by atoms with Gasteiger partial charge in [0.1, 0.15) is 5.75 Å². The van der Waals surface area contributed by atoms with Crippen molar-refractivity contribution in [1.29, 1.82) is 0 Å². The van der Waals surface area contributed by atoms with Gasteiger partial charge in [0.25, 0.3) is 5.91 Å². The summed E-state index contributed by atoms with van der Waals surface area (Å²) < 4.78 is 0. The highest BCUT2D eigenvalue weighted by molar-refractivity contribution is 6.04. The molecule has 4 N–H and O–H groups in total. The Labute approximate surface area is 147 Å². The van der Waals surface area contributed by atoms with Crippen molar-refractivity contribution in [2.75, 3.05) is 44.3 Å². The van der Waals surface area contributed by atoms with Crippen molar-refractivity contribution in [2.45, 2.75) is 6.54 Å². The molecule has 1 amide bonds. The molecule has 132 valence electrons. The summed E-state index contributed by atoms with van der Waals surface area (Å²) in [5, 5.41) is 13.0. The molecule has 0 unspecified atom stereocenters. The van der Waals surface area contributed by atoms with Gasteiger partial charge in [0.15, 0.2) is 0 Å². The molecule has 3 rings (SSSR count). The average molecular weight is 340 g/mol. The average Bonchev–Trinajstić information content (AvgIpc) is 2.60. The van der Waals surface area contributed by atoms with E-state index in [0.717, 1.165) is 31.7 Å². The van der Waals surface area contributed by atoms with Crippen molar-refractivity contribution >= 4 is 17.3 Å². The van der Waals surface area contributed by atoms with Gasteiger partial charge in [-0.1, -0.05) is 0 Å². The number of rotatable bonds is 4. The van der Waals surface area contributed by atoms with Crippen LogP contribution in [0.5, 0.6) is 5.75 Å². The van der Waals surface area contributed by atoms with E-state index in [1.165, 1.54) is 0 Å². The van der Waals surface area contributed by atoms with Gasteiger partial charge in [0.05, 0.1) is 0 Å². The van der Waals surface area contributed by atoms with Crippen molar-refractivity contribution in [2.24, 2.45) is 0 Å². The fraction of sp³-hybridized carbons (Fsp3) is 0.316. The summed E-state index contributed by atoms with van der Waals surface area (Å²) >= 11 is 0. The zero-order chi connectivity index (χ0) is 17.8. The second kappa shape index (κ2) is 7.55. The molecular weight excluding hydrogens is 316 g/mol. The molecule has 2 aromatic rings. The maximum atomic E-state index is 12.3. The lowest BCUT2D eigenvalue weighted by Crippen LogP contribution is -2.43. The molecule has 1 aliphatic rings. The molecule has 0 atom stereocenters. The van der Waals surface area contributed by atoms with E-state index in [4.69, 9.17) is 5.73 Å². The van der Waals surface area contributed by atoms with Gasteiger partial charge in [0, 0.05) is 55.2 Å². The van der Waals surface area contributed by atoms with Crippen LogP contribution in [0.1, 0.15) is 15.9 Å². The van der Waals surface area contributed by atoms with Gasteiger partial charge in [-0.15, -0.1) is 0 Å². The molecular formula is C19H24N4O2. The normalized spacial score (nSPS) is 15.9. The number of phenolic OH excluding ortho intramolecular Hbond substituents is 1. The summed E-state index contributed by atoms with van der Waals surface area (Å²) in [6, 6.07) is 12.0. The van der Waals surface area contributed by atoms with Crippen LogP contribution < -0.4 is 11.1 Å². The van der Waals surface area contributed by atoms with E-state index in [9.17, 15) is 9.90 Å². The van der Waals surface area contributed by atoms with E-state index in [-0.39, 0.29) is 11.7 Å². The van der Waals surface area contributed by atoms with Crippen LogP contribution in [0, 0.1) is 0 Å². The first-order valence-corrected chi connectivity index (χ1v) is 8.41. The van der Waals surface area contributed by atoms with Crippen LogP contribution in [0.2, 0.25) is 0 Å². The Bertz CT molecular complexity index is 738. The highest BCUT2D eigenvalue weighted by Gasteiger charge is 2.16. The van der Waals surface area contributed by atoms with Crippen LogP contribution in [0.25, 0.3) is 0 Å². The molecule has 0 radical (unpaired) electrons. The van der Waals surface area contributed by atoms with Gasteiger partial charge in [-0.3, -0.25) is 9.69 Å². The number of anilines is 2. The standard InChI is InChI=1S/C19H24N4O2/c1-22-8-10-23(11-9-22)13-15-12-17(6-7-18(15)24)21-19(25)14-2-4-16(20)5-3-14/h2-7,12,24H,8-11,13,20H2,1H3,(H,21,25). The predicted molar refractivity (Wildman–Crippen MR) is 99.7 cm³/mol. The number of nitrogen functional groups attached to an aromatic ring is 1. The lowest BCUT2D eigenvalue weighted by atomic mass is 10.1. The fourth-order valence-corrected chi connectivity index (χ4v) is 2.87. The molecule has 25 heavy (non-hydrogen) atoms. The van der Waals surface area contributed by atoms with E-state index >= 15 is 0 Å². The topological polar surface area (TPSA) is 81.8 Å². The fourth-order valence-electron chi connectivity index (χ4n) is 2.87. The number of carbonyl (C=O) groups excluding carboxylic acids is 1. The zero-order valence-electron chi connectivity index (χ0n) is 14.4. The Morgan fingerprint density at radius 3 is 2.48 bits per heavy atom. The summed E-state index contributed by atoms with van der Waals surface area (Å²) in [4.78, 5) is 16.9. The number of benzene rings is 2. The Morgan fingerprint density at radius 1 is 1.12 bits per heavy atom. The van der Waals surface area contributed by atoms with E-state index < -0.39 is 0 Å². The summed E-state index contributed by atoms with van der Waals surface area (Å²) in [5.74, 6) is 0.0562. The molecule has 0 saturated carbocycles. The monoisotopic (exact) mass is 340 g/mol. The molecule has 1 aliphatic heterocycles. The number of likely N-dealkylation sites (N-methyl/N-ethyl adjacent to an activating group) is 1. The summed E-state index contributed by atoms with van der Waals surface area (Å²) in [6.45, 7) is 4.66. The molecule has 0 aliphatic carbocycles. The largest absolute Gasteiger partial charge is 0.508 e. The third kappa shape index (κ3) is 4.49. The Balaban J connectivity index is 1.68. The Hall–Kier alpha value is -2.57. The number of phenols is 1. The van der Waals surface area contributed by atoms with Crippen molar-refractivity contribution in [3.8, 4) is 5.75 Å². The molecule has 2 aromatic carbocycles. The van der Waals surface area contributed by atoms with Gasteiger partial charge in [-0.05, 0) is 49.5 Å². The number of carbonyl (C=O) groups is 1. The smallest absolute Gasteiger partial charge is 0.255 e. The van der Waals surface area contributed by atoms with Crippen LogP contribution in [0.15, 0.2) is 42.5 Å². The lowest BCUT2D eigenvalue weighted by Gasteiger charge is -2.32. The van der Waals surface area contributed by atoms with E-state index in [1.54, 1.807) is 36.4 Å². The minimum Gasteiger partial charge on any atom is -0.508 e. The van der Waals surface area contributed by atoms with Crippen LogP contribution in [0.4, 0.5) is 11.4 Å². The molecule has 0 spiro atoms. The zero-order valence-corrected chi connectivity index (χ0v) is 14.4. The molecule has 0 bridgehead atoms. The van der Waals surface area contributed by atoms with Crippen molar-refractivity contribution in [3.05, 3.63) is 53.6 Å². The van der Waals surface area contributed by atoms with Gasteiger partial charge < -0.3 is 21.1 Å². The maximum Gasteiger partial charge on any atom is 0.255 e. The number of piperazine rings is 1. The number of nitrogens with two attached hydrogens (primary N) is 1. The number of nitrogens with zero attached hydrogens (tertiary/aromatic N) is 2. The molecule has 1 heterocycles. The van der Waals surface area contributed by atoms with Crippen LogP contribution in [-0.2, 0) is 6.54 Å². The second-order valence-electron chi connectivity index (χ2n) is 6.50. The third-order valence-corrected chi connectivity index (χ3v) is 4.50. The lowest BCUT2D eigenvalue weighted by molar-refractivity contribution is 0.102. The van der Waals surface area contributed by atoms with Crippen molar-refractivity contribution in [1.82, 2.24) is 9.80 Å². The minimum absolute atomic E-state index is 0.198. The van der Waals surface area contributed by atoms with Crippen molar-refractivity contribution in [3.63, 3.8) is 0 Å². The number of amides is 1. The quantitative estimate of drug-likeness (QED) is 0.586. The second-order valence-corrected chi connectivity index (χ2v) is 6.50. The van der Waals surface area contributed by atoms with Crippen LogP contribution in [0.3, 0.4) is 0 Å². The highest BCUT2D eigenvalue weighted by Crippen LogP contribution is 2.24. The minimum atomic E-state index is -0.198. The highest BCUT2D eigenvalue weighted by atomic mass is 16.3. The molecule has 1 saturated heterocycles. The first kappa shape index (κ1) is 17.3. The molecule has 1 fully saturated rings. The van der Waals surface area contributed by atoms with Gasteiger partial charge in [-0.25, -0.2) is 0 Å². The van der Waals surface area contributed by atoms with Gasteiger partial charge in [-0.2, -0.15) is 0 Å². The molecule has 6 nitrogen and oxygen atoms in total. The first-order valence-electron chi connectivity index (χ1n) is 8.41. The molecule has 6 heteroatoms. The van der Waals surface area contributed by atoms with Gasteiger partial charge >= 0.3 is 0 Å². The number of hydrogen-bond acceptors (Lipinski definition) is 5. The van der Waals surface area contributed by atoms with Crippen LogP contribution in [-0.4, -0.2) is 54.0 Å². The Kier molecular flexibility index (Phi) is 5.21. The maximum absolute atomic E-state index is 12.3. The summed E-state index contributed by atoms with van der Waals surface area (Å²) in [7, 11) is 2.11. The number of hydrogen-bond donors (Lipinski definition) is 3. The number of nitrogens with one attached hydrogen (secondary N) is 1. The predicted octanol–water partition coefficient (Wildman–Crippen LogP) is 1.97. The summed E-state index contributed by atoms with van der Waals surface area (Å²) in [5.41, 5.74) is 8.30. The van der Waals surface area contributed by atoms with Crippen LogP contribution >= 0.6 is 0 Å². The number of aromatic hydroxyl groups is 1. The van der Waals surface area contributed by atoms with E-state index in [2.05, 4.69) is 22.2 Å². The van der Waals surface area contributed by atoms with Gasteiger partial charge in [0.2, 0.25) is 0 Å². The van der Waals surface area contributed by atoms with Crippen molar-refractivity contribution < 1.29 is 9.90 Å². The SMILES string of the molecule is CN1CCN(Cc2cc(NC(=O)c3ccc(N)cc3)ccc2O)CC1. The molecule has 0 aromatic heterocycles. The summed E-state index contributed by atoms with van der Waals surface area (Å²) in [6.07, 6.45) is 0. The Morgan fingerprint density at radius 2 is 1.80 bits per heavy atom. The van der Waals surface area contributed by atoms with E-state index in [1.807, 2.05) is 6.07 Å². The first-order chi connectivity index (χ1) is 12.0. The van der Waals surface area contributed by atoms with E-state index in [0.29, 0.717) is 23.5 Å².